The minimum Gasteiger partial charge on any atom is -0.355 e. The average molecular weight is 237 g/mol. The molecule has 1 heterocycles. The highest BCUT2D eigenvalue weighted by Crippen LogP contribution is 2.20. The second-order valence-electron chi connectivity index (χ2n) is 5.75. The maximum atomic E-state index is 4.39. The normalized spacial score (nSPS) is 13.4. The van der Waals surface area contributed by atoms with Crippen LogP contribution in [0.3, 0.4) is 0 Å². The van der Waals surface area contributed by atoms with Crippen molar-refractivity contribution in [3.05, 3.63) is 12.4 Å². The van der Waals surface area contributed by atoms with Gasteiger partial charge < -0.3 is 9.88 Å². The van der Waals surface area contributed by atoms with Gasteiger partial charge in [0.25, 0.3) is 0 Å². The van der Waals surface area contributed by atoms with Gasteiger partial charge in [-0.05, 0) is 31.6 Å². The molecule has 1 unspecified atom stereocenters. The lowest BCUT2D eigenvalue weighted by Gasteiger charge is -2.18. The first-order valence-corrected chi connectivity index (χ1v) is 6.77. The van der Waals surface area contributed by atoms with Crippen LogP contribution in [0.1, 0.15) is 53.5 Å². The van der Waals surface area contributed by atoms with Gasteiger partial charge in [-0.25, -0.2) is 4.98 Å². The fourth-order valence-corrected chi connectivity index (χ4v) is 1.81. The number of nitrogens with zero attached hydrogens (tertiary/aromatic N) is 2. The van der Waals surface area contributed by atoms with E-state index in [4.69, 9.17) is 0 Å². The highest BCUT2D eigenvalue weighted by molar-refractivity contribution is 5.26. The van der Waals surface area contributed by atoms with E-state index in [-0.39, 0.29) is 0 Å². The number of hydrogen-bond acceptors (Lipinski definition) is 2. The van der Waals surface area contributed by atoms with Crippen molar-refractivity contribution < 1.29 is 0 Å². The van der Waals surface area contributed by atoms with Gasteiger partial charge in [-0.3, -0.25) is 0 Å². The number of anilines is 1. The van der Waals surface area contributed by atoms with Crippen molar-refractivity contribution >= 4 is 5.95 Å². The molecular weight excluding hydrogens is 210 g/mol. The molecule has 0 bridgehead atoms. The van der Waals surface area contributed by atoms with E-state index >= 15 is 0 Å². The molecular formula is C14H27N3. The molecule has 0 saturated carbocycles. The van der Waals surface area contributed by atoms with Gasteiger partial charge in [-0.1, -0.05) is 27.7 Å². The van der Waals surface area contributed by atoms with Crippen LogP contribution >= 0.6 is 0 Å². The Morgan fingerprint density at radius 3 is 2.41 bits per heavy atom. The summed E-state index contributed by atoms with van der Waals surface area (Å²) in [6, 6.07) is 0.523. The zero-order valence-electron chi connectivity index (χ0n) is 11.9. The fraction of sp³-hybridized carbons (Fsp3) is 0.786. The van der Waals surface area contributed by atoms with Gasteiger partial charge in [-0.15, -0.1) is 0 Å². The summed E-state index contributed by atoms with van der Waals surface area (Å²) in [5.41, 5.74) is 0. The molecule has 3 nitrogen and oxygen atoms in total. The highest BCUT2D eigenvalue weighted by atomic mass is 15.2. The molecule has 0 aromatic carbocycles. The van der Waals surface area contributed by atoms with Crippen LogP contribution in [0.4, 0.5) is 5.95 Å². The summed E-state index contributed by atoms with van der Waals surface area (Å²) in [6.07, 6.45) is 6.44. The zero-order valence-corrected chi connectivity index (χ0v) is 11.9. The molecule has 1 rings (SSSR count). The van der Waals surface area contributed by atoms with Crippen LogP contribution in [-0.4, -0.2) is 16.1 Å². The molecule has 17 heavy (non-hydrogen) atoms. The van der Waals surface area contributed by atoms with E-state index in [0.717, 1.165) is 18.4 Å². The van der Waals surface area contributed by atoms with Gasteiger partial charge in [0.2, 0.25) is 5.95 Å². The maximum absolute atomic E-state index is 4.39. The first kappa shape index (κ1) is 14.1. The minimum atomic E-state index is 0.523. The SMILES string of the molecule is CC(C)CCC(C)n1ccnc1NCC(C)C. The average Bonchev–Trinajstić information content (AvgIpc) is 2.71. The van der Waals surface area contributed by atoms with E-state index < -0.39 is 0 Å². The molecule has 0 aliphatic rings. The van der Waals surface area contributed by atoms with E-state index in [1.807, 2.05) is 6.20 Å². The lowest BCUT2D eigenvalue weighted by Crippen LogP contribution is -2.15. The Balaban J connectivity index is 2.54. The van der Waals surface area contributed by atoms with Gasteiger partial charge >= 0.3 is 0 Å². The summed E-state index contributed by atoms with van der Waals surface area (Å²) in [5.74, 6) is 2.43. The monoisotopic (exact) mass is 237 g/mol. The third-order valence-electron chi connectivity index (χ3n) is 2.97. The van der Waals surface area contributed by atoms with Crippen LogP contribution in [0.15, 0.2) is 12.4 Å². The van der Waals surface area contributed by atoms with E-state index in [0.29, 0.717) is 12.0 Å². The Kier molecular flexibility index (Phi) is 5.52. The first-order chi connectivity index (χ1) is 8.00. The Morgan fingerprint density at radius 2 is 1.82 bits per heavy atom. The molecule has 1 N–H and O–H groups in total. The van der Waals surface area contributed by atoms with Crippen molar-refractivity contribution in [1.29, 1.82) is 0 Å². The van der Waals surface area contributed by atoms with E-state index in [1.165, 1.54) is 12.8 Å². The van der Waals surface area contributed by atoms with Crippen molar-refractivity contribution in [3.8, 4) is 0 Å². The molecule has 0 radical (unpaired) electrons. The minimum absolute atomic E-state index is 0.523. The first-order valence-electron chi connectivity index (χ1n) is 6.77. The zero-order chi connectivity index (χ0) is 12.8. The molecule has 0 amide bonds. The molecule has 0 aliphatic heterocycles. The summed E-state index contributed by atoms with van der Waals surface area (Å²) in [4.78, 5) is 4.39. The van der Waals surface area contributed by atoms with Gasteiger partial charge in [0.05, 0.1) is 0 Å². The summed E-state index contributed by atoms with van der Waals surface area (Å²) < 4.78 is 2.25. The van der Waals surface area contributed by atoms with Gasteiger partial charge in [0.1, 0.15) is 0 Å². The summed E-state index contributed by atoms with van der Waals surface area (Å²) in [7, 11) is 0. The van der Waals surface area contributed by atoms with Crippen molar-refractivity contribution in [2.75, 3.05) is 11.9 Å². The second-order valence-corrected chi connectivity index (χ2v) is 5.75. The van der Waals surface area contributed by atoms with Crippen molar-refractivity contribution in [1.82, 2.24) is 9.55 Å². The fourth-order valence-electron chi connectivity index (χ4n) is 1.81. The van der Waals surface area contributed by atoms with Gasteiger partial charge in [0, 0.05) is 25.0 Å². The van der Waals surface area contributed by atoms with Crippen LogP contribution in [-0.2, 0) is 0 Å². The molecule has 1 atom stereocenters. The summed E-state index contributed by atoms with van der Waals surface area (Å²) >= 11 is 0. The van der Waals surface area contributed by atoms with Crippen LogP contribution in [0.5, 0.6) is 0 Å². The molecule has 1 aromatic heterocycles. The molecule has 1 aromatic rings. The molecule has 0 saturated heterocycles. The van der Waals surface area contributed by atoms with Crippen LogP contribution in [0.2, 0.25) is 0 Å². The lowest BCUT2D eigenvalue weighted by atomic mass is 10.0. The number of hydrogen-bond donors (Lipinski definition) is 1. The molecule has 98 valence electrons. The third-order valence-corrected chi connectivity index (χ3v) is 2.97. The number of nitrogens with one attached hydrogen (secondary N) is 1. The maximum Gasteiger partial charge on any atom is 0.203 e. The molecule has 0 aliphatic carbocycles. The lowest BCUT2D eigenvalue weighted by molar-refractivity contribution is 0.441. The summed E-state index contributed by atoms with van der Waals surface area (Å²) in [5, 5.41) is 3.41. The predicted molar refractivity (Wildman–Crippen MR) is 74.3 cm³/mol. The van der Waals surface area contributed by atoms with E-state index in [2.05, 4.69) is 55.7 Å². The molecule has 0 spiro atoms. The number of rotatable bonds is 7. The standard InChI is InChI=1S/C14H27N3/c1-11(2)6-7-13(5)17-9-8-15-14(17)16-10-12(3)4/h8-9,11-13H,6-7,10H2,1-5H3,(H,15,16). The topological polar surface area (TPSA) is 29.9 Å². The Labute approximate surface area is 106 Å². The van der Waals surface area contributed by atoms with Crippen molar-refractivity contribution in [2.24, 2.45) is 11.8 Å². The predicted octanol–water partition coefficient (Wildman–Crippen LogP) is 3.95. The second kappa shape index (κ2) is 6.67. The Hall–Kier alpha value is -0.990. The van der Waals surface area contributed by atoms with Gasteiger partial charge in [-0.2, -0.15) is 0 Å². The van der Waals surface area contributed by atoms with Crippen LogP contribution in [0, 0.1) is 11.8 Å². The van der Waals surface area contributed by atoms with Gasteiger partial charge in [0.15, 0.2) is 0 Å². The van der Waals surface area contributed by atoms with Crippen molar-refractivity contribution in [3.63, 3.8) is 0 Å². The number of aromatic nitrogens is 2. The molecule has 3 heteroatoms. The third kappa shape index (κ3) is 4.80. The van der Waals surface area contributed by atoms with Crippen molar-refractivity contribution in [2.45, 2.75) is 53.5 Å². The van der Waals surface area contributed by atoms with E-state index in [9.17, 15) is 0 Å². The molecule has 0 fully saturated rings. The Morgan fingerprint density at radius 1 is 1.12 bits per heavy atom. The smallest absolute Gasteiger partial charge is 0.203 e. The largest absolute Gasteiger partial charge is 0.355 e. The van der Waals surface area contributed by atoms with Crippen LogP contribution in [0.25, 0.3) is 0 Å². The Bertz CT molecular complexity index is 315. The number of imidazole rings is 1. The quantitative estimate of drug-likeness (QED) is 0.778. The van der Waals surface area contributed by atoms with E-state index in [1.54, 1.807) is 0 Å². The van der Waals surface area contributed by atoms with Crippen LogP contribution < -0.4 is 5.32 Å². The highest BCUT2D eigenvalue weighted by Gasteiger charge is 2.10. The summed E-state index contributed by atoms with van der Waals surface area (Å²) in [6.45, 7) is 12.2.